The molecule has 0 unspecified atom stereocenters. The van der Waals surface area contributed by atoms with Crippen LogP contribution in [0.4, 0.5) is 0 Å². The van der Waals surface area contributed by atoms with Crippen molar-refractivity contribution >= 4 is 11.8 Å². The highest BCUT2D eigenvalue weighted by molar-refractivity contribution is 5.87. The number of hydrogen-bond donors (Lipinski definition) is 3. The normalized spacial score (nSPS) is 12.3. The van der Waals surface area contributed by atoms with Gasteiger partial charge in [0.2, 0.25) is 11.8 Å². The maximum Gasteiger partial charge on any atom is 0.239 e. The van der Waals surface area contributed by atoms with Crippen molar-refractivity contribution in [3.63, 3.8) is 0 Å². The molecule has 0 saturated carbocycles. The van der Waals surface area contributed by atoms with E-state index >= 15 is 0 Å². The zero-order valence-electron chi connectivity index (χ0n) is 10.4. The zero-order chi connectivity index (χ0) is 12.6. The third-order valence-electron chi connectivity index (χ3n) is 2.07. The monoisotopic (exact) mass is 229 g/mol. The minimum absolute atomic E-state index is 0.00294. The van der Waals surface area contributed by atoms with Crippen LogP contribution in [0.15, 0.2) is 0 Å². The molecule has 0 radical (unpaired) electrons. The molecule has 1 atom stereocenters. The van der Waals surface area contributed by atoms with Crippen molar-refractivity contribution in [2.45, 2.75) is 39.7 Å². The Morgan fingerprint density at radius 2 is 1.88 bits per heavy atom. The molecule has 0 aromatic rings. The molecule has 94 valence electrons. The summed E-state index contributed by atoms with van der Waals surface area (Å²) in [4.78, 5) is 22.6. The van der Waals surface area contributed by atoms with Gasteiger partial charge >= 0.3 is 0 Å². The van der Waals surface area contributed by atoms with Gasteiger partial charge in [0.05, 0.1) is 12.6 Å². The molecule has 16 heavy (non-hydrogen) atoms. The van der Waals surface area contributed by atoms with Gasteiger partial charge in [-0.05, 0) is 12.3 Å². The van der Waals surface area contributed by atoms with Crippen LogP contribution in [-0.2, 0) is 9.59 Å². The Kier molecular flexibility index (Phi) is 7.54. The first-order chi connectivity index (χ1) is 7.47. The Labute approximate surface area is 97.2 Å². The summed E-state index contributed by atoms with van der Waals surface area (Å²) >= 11 is 0. The molecule has 5 nitrogen and oxygen atoms in total. The van der Waals surface area contributed by atoms with Crippen LogP contribution in [0.1, 0.15) is 33.6 Å². The molecule has 5 heteroatoms. The van der Waals surface area contributed by atoms with Crippen LogP contribution in [-0.4, -0.2) is 30.9 Å². The third kappa shape index (κ3) is 7.23. The van der Waals surface area contributed by atoms with Gasteiger partial charge in [-0.1, -0.05) is 27.2 Å². The van der Waals surface area contributed by atoms with E-state index in [4.69, 9.17) is 5.73 Å². The highest BCUT2D eigenvalue weighted by atomic mass is 16.2. The molecular formula is C11H23N3O2. The van der Waals surface area contributed by atoms with Gasteiger partial charge in [-0.25, -0.2) is 0 Å². The van der Waals surface area contributed by atoms with E-state index < -0.39 is 6.04 Å². The number of nitrogens with one attached hydrogen (secondary N) is 2. The molecule has 0 spiro atoms. The molecule has 0 fully saturated rings. The minimum atomic E-state index is -0.511. The number of hydrogen-bond acceptors (Lipinski definition) is 3. The molecule has 0 bridgehead atoms. The van der Waals surface area contributed by atoms with Crippen LogP contribution in [0.3, 0.4) is 0 Å². The lowest BCUT2D eigenvalue weighted by atomic mass is 10.2. The predicted molar refractivity (Wildman–Crippen MR) is 63.7 cm³/mol. The quantitative estimate of drug-likeness (QED) is 0.574. The Hall–Kier alpha value is -1.10. The van der Waals surface area contributed by atoms with Crippen LogP contribution in [0.2, 0.25) is 0 Å². The van der Waals surface area contributed by atoms with E-state index in [1.807, 2.05) is 20.8 Å². The summed E-state index contributed by atoms with van der Waals surface area (Å²) in [6, 6.07) is -0.511. The van der Waals surface area contributed by atoms with E-state index in [0.717, 1.165) is 6.42 Å². The largest absolute Gasteiger partial charge is 0.354 e. The van der Waals surface area contributed by atoms with Gasteiger partial charge in [0.1, 0.15) is 0 Å². The second kappa shape index (κ2) is 8.10. The zero-order valence-corrected chi connectivity index (χ0v) is 10.4. The van der Waals surface area contributed by atoms with Crippen molar-refractivity contribution in [1.29, 1.82) is 0 Å². The van der Waals surface area contributed by atoms with Crippen LogP contribution < -0.4 is 16.4 Å². The molecule has 0 heterocycles. The van der Waals surface area contributed by atoms with E-state index in [9.17, 15) is 9.59 Å². The van der Waals surface area contributed by atoms with Crippen molar-refractivity contribution in [1.82, 2.24) is 10.6 Å². The summed E-state index contributed by atoms with van der Waals surface area (Å²) < 4.78 is 0. The second-order valence-corrected chi connectivity index (χ2v) is 4.31. The molecule has 2 amide bonds. The van der Waals surface area contributed by atoms with E-state index in [2.05, 4.69) is 10.6 Å². The van der Waals surface area contributed by atoms with Crippen molar-refractivity contribution < 1.29 is 9.59 Å². The lowest BCUT2D eigenvalue weighted by Gasteiger charge is -2.11. The fourth-order valence-electron chi connectivity index (χ4n) is 1.12. The summed E-state index contributed by atoms with van der Waals surface area (Å²) in [7, 11) is 0. The number of rotatable bonds is 7. The first kappa shape index (κ1) is 14.9. The first-order valence-electron chi connectivity index (χ1n) is 5.77. The third-order valence-corrected chi connectivity index (χ3v) is 2.07. The number of amides is 2. The van der Waals surface area contributed by atoms with Crippen LogP contribution in [0, 0.1) is 5.92 Å². The molecule has 0 aromatic heterocycles. The Morgan fingerprint density at radius 1 is 1.25 bits per heavy atom. The first-order valence-corrected chi connectivity index (χ1v) is 5.77. The van der Waals surface area contributed by atoms with Gasteiger partial charge in [0.15, 0.2) is 0 Å². The molecule has 0 aromatic carbocycles. The number of carbonyl (C=O) groups is 2. The van der Waals surface area contributed by atoms with Gasteiger partial charge in [0.25, 0.3) is 0 Å². The smallest absolute Gasteiger partial charge is 0.239 e. The number of nitrogens with two attached hydrogens (primary N) is 1. The van der Waals surface area contributed by atoms with Gasteiger partial charge in [-0.3, -0.25) is 9.59 Å². The fraction of sp³-hybridized carbons (Fsp3) is 0.818. The van der Waals surface area contributed by atoms with E-state index in [1.165, 1.54) is 0 Å². The summed E-state index contributed by atoms with van der Waals surface area (Å²) in [5, 5.41) is 5.23. The molecule has 0 aliphatic carbocycles. The fourth-order valence-corrected chi connectivity index (χ4v) is 1.12. The summed E-state index contributed by atoms with van der Waals surface area (Å²) in [5.74, 6) is -0.0331. The Bertz CT molecular complexity index is 229. The van der Waals surface area contributed by atoms with Crippen molar-refractivity contribution in [3.8, 4) is 0 Å². The highest BCUT2D eigenvalue weighted by Gasteiger charge is 2.12. The Morgan fingerprint density at radius 3 is 2.38 bits per heavy atom. The molecule has 0 aliphatic rings. The lowest BCUT2D eigenvalue weighted by molar-refractivity contribution is -0.126. The second-order valence-electron chi connectivity index (χ2n) is 4.31. The minimum Gasteiger partial charge on any atom is -0.354 e. The molecular weight excluding hydrogens is 206 g/mol. The Balaban J connectivity index is 3.70. The van der Waals surface area contributed by atoms with Gasteiger partial charge in [-0.2, -0.15) is 0 Å². The van der Waals surface area contributed by atoms with E-state index in [-0.39, 0.29) is 18.4 Å². The molecule has 4 N–H and O–H groups in total. The maximum atomic E-state index is 11.4. The van der Waals surface area contributed by atoms with E-state index in [0.29, 0.717) is 18.9 Å². The average molecular weight is 229 g/mol. The number of carbonyl (C=O) groups excluding carboxylic acids is 2. The standard InChI is InChI=1S/C11H23N3O2/c1-4-5-9(12)11(16)14-7-10(15)13-6-8(2)3/h8-9H,4-7,12H2,1-3H3,(H,13,15)(H,14,16)/t9-/m0/s1. The highest BCUT2D eigenvalue weighted by Crippen LogP contribution is 1.92. The average Bonchev–Trinajstić information content (AvgIpc) is 2.23. The molecule has 0 saturated heterocycles. The van der Waals surface area contributed by atoms with Crippen LogP contribution >= 0.6 is 0 Å². The van der Waals surface area contributed by atoms with Crippen LogP contribution in [0.25, 0.3) is 0 Å². The van der Waals surface area contributed by atoms with E-state index in [1.54, 1.807) is 0 Å². The summed E-state index contributed by atoms with van der Waals surface area (Å²) in [6.45, 7) is 6.60. The van der Waals surface area contributed by atoms with Crippen molar-refractivity contribution in [2.75, 3.05) is 13.1 Å². The summed E-state index contributed by atoms with van der Waals surface area (Å²) in [5.41, 5.74) is 5.59. The van der Waals surface area contributed by atoms with Crippen LogP contribution in [0.5, 0.6) is 0 Å². The molecule has 0 aliphatic heterocycles. The van der Waals surface area contributed by atoms with Gasteiger partial charge in [0, 0.05) is 6.54 Å². The van der Waals surface area contributed by atoms with Gasteiger partial charge in [-0.15, -0.1) is 0 Å². The summed E-state index contributed by atoms with van der Waals surface area (Å²) in [6.07, 6.45) is 1.49. The SMILES string of the molecule is CCC[C@H](N)C(=O)NCC(=O)NCC(C)C. The topological polar surface area (TPSA) is 84.2 Å². The van der Waals surface area contributed by atoms with Crippen molar-refractivity contribution in [3.05, 3.63) is 0 Å². The lowest BCUT2D eigenvalue weighted by Crippen LogP contribution is -2.45. The van der Waals surface area contributed by atoms with Crippen molar-refractivity contribution in [2.24, 2.45) is 11.7 Å². The van der Waals surface area contributed by atoms with Gasteiger partial charge < -0.3 is 16.4 Å². The maximum absolute atomic E-state index is 11.4. The molecule has 0 rings (SSSR count). The predicted octanol–water partition coefficient (Wildman–Crippen LogP) is 0.00220.